The van der Waals surface area contributed by atoms with E-state index in [-0.39, 0.29) is 10.6 Å². The number of hydrogen-bond acceptors (Lipinski definition) is 4. The zero-order chi connectivity index (χ0) is 14.0. The standard InChI is InChI=1S/C14H17N3O2/c1-4-7-15-14-9(2)8-11-5-6-12(17(18)19)10(3)13(11)16-14/h5-6,8H,4,7H2,1-3H3,(H,15,16). The number of fused-ring (bicyclic) bond motifs is 1. The molecule has 0 bridgehead atoms. The van der Waals surface area contributed by atoms with E-state index >= 15 is 0 Å². The van der Waals surface area contributed by atoms with Crippen LogP contribution in [0, 0.1) is 24.0 Å². The Morgan fingerprint density at radius 2 is 2.11 bits per heavy atom. The van der Waals surface area contributed by atoms with Crippen molar-refractivity contribution in [3.63, 3.8) is 0 Å². The van der Waals surface area contributed by atoms with Crippen molar-refractivity contribution in [2.24, 2.45) is 0 Å². The first kappa shape index (κ1) is 13.3. The van der Waals surface area contributed by atoms with Gasteiger partial charge in [0.2, 0.25) is 0 Å². The van der Waals surface area contributed by atoms with Crippen LogP contribution in [-0.4, -0.2) is 16.5 Å². The maximum absolute atomic E-state index is 11.0. The van der Waals surface area contributed by atoms with E-state index in [0.29, 0.717) is 11.1 Å². The van der Waals surface area contributed by atoms with Crippen molar-refractivity contribution in [2.45, 2.75) is 27.2 Å². The molecular weight excluding hydrogens is 242 g/mol. The van der Waals surface area contributed by atoms with Crippen LogP contribution in [0.5, 0.6) is 0 Å². The molecule has 1 aromatic heterocycles. The van der Waals surface area contributed by atoms with Gasteiger partial charge in [-0.05, 0) is 38.0 Å². The Morgan fingerprint density at radius 1 is 1.37 bits per heavy atom. The first-order chi connectivity index (χ1) is 9.04. The highest BCUT2D eigenvalue weighted by molar-refractivity contribution is 5.87. The normalized spacial score (nSPS) is 10.7. The summed E-state index contributed by atoms with van der Waals surface area (Å²) < 4.78 is 0. The molecule has 0 aliphatic rings. The lowest BCUT2D eigenvalue weighted by molar-refractivity contribution is -0.385. The van der Waals surface area contributed by atoms with Gasteiger partial charge in [-0.25, -0.2) is 4.98 Å². The third-order valence-corrected chi connectivity index (χ3v) is 3.14. The number of aromatic nitrogens is 1. The summed E-state index contributed by atoms with van der Waals surface area (Å²) in [5, 5.41) is 15.1. The molecule has 2 aromatic rings. The fourth-order valence-corrected chi connectivity index (χ4v) is 2.10. The monoisotopic (exact) mass is 259 g/mol. The van der Waals surface area contributed by atoms with E-state index in [2.05, 4.69) is 17.2 Å². The van der Waals surface area contributed by atoms with Gasteiger partial charge in [-0.3, -0.25) is 10.1 Å². The molecular formula is C14H17N3O2. The molecule has 0 fully saturated rings. The van der Waals surface area contributed by atoms with Gasteiger partial charge in [0.05, 0.1) is 16.0 Å². The Hall–Kier alpha value is -2.17. The van der Waals surface area contributed by atoms with Crippen LogP contribution in [0.1, 0.15) is 24.5 Å². The molecule has 1 heterocycles. The minimum absolute atomic E-state index is 0.116. The van der Waals surface area contributed by atoms with E-state index in [1.807, 2.05) is 13.0 Å². The molecule has 0 radical (unpaired) electrons. The predicted molar refractivity (Wildman–Crippen MR) is 76.7 cm³/mol. The lowest BCUT2D eigenvalue weighted by Gasteiger charge is -2.10. The number of nitro groups is 1. The van der Waals surface area contributed by atoms with Gasteiger partial charge in [0.25, 0.3) is 5.69 Å². The van der Waals surface area contributed by atoms with E-state index in [4.69, 9.17) is 0 Å². The molecule has 0 spiro atoms. The highest BCUT2D eigenvalue weighted by Crippen LogP contribution is 2.28. The van der Waals surface area contributed by atoms with Gasteiger partial charge in [0.15, 0.2) is 0 Å². The summed E-state index contributed by atoms with van der Waals surface area (Å²) in [6, 6.07) is 5.30. The molecule has 0 unspecified atom stereocenters. The summed E-state index contributed by atoms with van der Waals surface area (Å²) in [5.74, 6) is 0.804. The zero-order valence-corrected chi connectivity index (χ0v) is 11.4. The van der Waals surface area contributed by atoms with E-state index in [1.54, 1.807) is 13.0 Å². The Labute approximate surface area is 111 Å². The summed E-state index contributed by atoms with van der Waals surface area (Å²) in [7, 11) is 0. The summed E-state index contributed by atoms with van der Waals surface area (Å²) in [6.07, 6.45) is 1.01. The van der Waals surface area contributed by atoms with Gasteiger partial charge in [-0.15, -0.1) is 0 Å². The van der Waals surface area contributed by atoms with Gasteiger partial charge < -0.3 is 5.32 Å². The summed E-state index contributed by atoms with van der Waals surface area (Å²) in [6.45, 7) is 6.65. The molecule has 0 saturated heterocycles. The minimum atomic E-state index is -0.366. The number of nitrogens with zero attached hydrogens (tertiary/aromatic N) is 2. The van der Waals surface area contributed by atoms with Crippen molar-refractivity contribution in [3.05, 3.63) is 39.4 Å². The highest BCUT2D eigenvalue weighted by atomic mass is 16.6. The maximum atomic E-state index is 11.0. The van der Waals surface area contributed by atoms with Gasteiger partial charge in [-0.2, -0.15) is 0 Å². The van der Waals surface area contributed by atoms with Crippen LogP contribution in [0.2, 0.25) is 0 Å². The lowest BCUT2D eigenvalue weighted by atomic mass is 10.1. The number of nitro benzene ring substituents is 1. The molecule has 0 amide bonds. The number of hydrogen-bond donors (Lipinski definition) is 1. The van der Waals surface area contributed by atoms with Gasteiger partial charge >= 0.3 is 0 Å². The quantitative estimate of drug-likeness (QED) is 0.673. The number of nitrogens with one attached hydrogen (secondary N) is 1. The molecule has 19 heavy (non-hydrogen) atoms. The van der Waals surface area contributed by atoms with E-state index in [9.17, 15) is 10.1 Å². The molecule has 0 saturated carbocycles. The van der Waals surface area contributed by atoms with E-state index < -0.39 is 0 Å². The molecule has 0 atom stereocenters. The number of pyridine rings is 1. The fraction of sp³-hybridized carbons (Fsp3) is 0.357. The second kappa shape index (κ2) is 5.22. The molecule has 1 N–H and O–H groups in total. The summed E-state index contributed by atoms with van der Waals surface area (Å²) in [4.78, 5) is 15.1. The zero-order valence-electron chi connectivity index (χ0n) is 11.4. The number of rotatable bonds is 4. The predicted octanol–water partition coefficient (Wildman–Crippen LogP) is 3.58. The summed E-state index contributed by atoms with van der Waals surface area (Å²) in [5.41, 5.74) is 2.47. The van der Waals surface area contributed by atoms with Crippen LogP contribution in [0.4, 0.5) is 11.5 Å². The first-order valence-corrected chi connectivity index (χ1v) is 6.33. The Balaban J connectivity index is 2.60. The minimum Gasteiger partial charge on any atom is -0.370 e. The Morgan fingerprint density at radius 3 is 2.74 bits per heavy atom. The Bertz CT molecular complexity index is 638. The molecule has 1 aromatic carbocycles. The molecule has 100 valence electrons. The number of benzene rings is 1. The van der Waals surface area contributed by atoms with Crippen LogP contribution < -0.4 is 5.32 Å². The molecule has 0 aliphatic heterocycles. The average Bonchev–Trinajstić information content (AvgIpc) is 2.36. The van der Waals surface area contributed by atoms with Crippen LogP contribution in [-0.2, 0) is 0 Å². The van der Waals surface area contributed by atoms with Crippen molar-refractivity contribution in [1.29, 1.82) is 0 Å². The van der Waals surface area contributed by atoms with Crippen LogP contribution in [0.15, 0.2) is 18.2 Å². The smallest absolute Gasteiger partial charge is 0.274 e. The van der Waals surface area contributed by atoms with Gasteiger partial charge in [-0.1, -0.05) is 6.92 Å². The molecule has 5 nitrogen and oxygen atoms in total. The molecule has 2 rings (SSSR count). The van der Waals surface area contributed by atoms with Crippen molar-refractivity contribution >= 4 is 22.4 Å². The van der Waals surface area contributed by atoms with Crippen LogP contribution >= 0.6 is 0 Å². The fourth-order valence-electron chi connectivity index (χ4n) is 2.10. The lowest BCUT2D eigenvalue weighted by Crippen LogP contribution is -2.04. The third-order valence-electron chi connectivity index (χ3n) is 3.14. The SMILES string of the molecule is CCCNc1nc2c(C)c([N+](=O)[O-])ccc2cc1C. The maximum Gasteiger partial charge on any atom is 0.274 e. The average molecular weight is 259 g/mol. The Kier molecular flexibility index (Phi) is 3.64. The van der Waals surface area contributed by atoms with E-state index in [0.717, 1.165) is 29.7 Å². The van der Waals surface area contributed by atoms with Crippen molar-refractivity contribution in [1.82, 2.24) is 4.98 Å². The topological polar surface area (TPSA) is 68.1 Å². The van der Waals surface area contributed by atoms with Crippen molar-refractivity contribution in [2.75, 3.05) is 11.9 Å². The second-order valence-corrected chi connectivity index (χ2v) is 4.62. The molecule has 5 heteroatoms. The van der Waals surface area contributed by atoms with Crippen molar-refractivity contribution in [3.8, 4) is 0 Å². The summed E-state index contributed by atoms with van der Waals surface area (Å²) >= 11 is 0. The molecule has 0 aliphatic carbocycles. The second-order valence-electron chi connectivity index (χ2n) is 4.62. The number of anilines is 1. The van der Waals surface area contributed by atoms with Crippen LogP contribution in [0.3, 0.4) is 0 Å². The highest BCUT2D eigenvalue weighted by Gasteiger charge is 2.15. The van der Waals surface area contributed by atoms with Gasteiger partial charge in [0.1, 0.15) is 5.82 Å². The van der Waals surface area contributed by atoms with Crippen LogP contribution in [0.25, 0.3) is 10.9 Å². The largest absolute Gasteiger partial charge is 0.370 e. The third kappa shape index (κ3) is 2.50. The van der Waals surface area contributed by atoms with Crippen molar-refractivity contribution < 1.29 is 4.92 Å². The van der Waals surface area contributed by atoms with Gasteiger partial charge in [0, 0.05) is 18.0 Å². The number of aryl methyl sites for hydroxylation is 2. The first-order valence-electron chi connectivity index (χ1n) is 6.33. The van der Waals surface area contributed by atoms with E-state index in [1.165, 1.54) is 6.07 Å².